The van der Waals surface area contributed by atoms with Crippen molar-refractivity contribution < 1.29 is 9.84 Å². The normalized spacial score (nSPS) is 14.7. The van der Waals surface area contributed by atoms with Crippen LogP contribution in [0.3, 0.4) is 0 Å². The van der Waals surface area contributed by atoms with E-state index in [1.165, 1.54) is 0 Å². The number of halogens is 1. The predicted octanol–water partition coefficient (Wildman–Crippen LogP) is 0.777. The van der Waals surface area contributed by atoms with E-state index in [4.69, 9.17) is 21.3 Å². The highest BCUT2D eigenvalue weighted by Gasteiger charge is 2.15. The van der Waals surface area contributed by atoms with Crippen LogP contribution >= 0.6 is 15.9 Å². The van der Waals surface area contributed by atoms with Gasteiger partial charge in [-0.15, -0.1) is 0 Å². The lowest BCUT2D eigenvalue weighted by atomic mass is 10.0. The molecule has 0 amide bonds. The molecule has 0 fully saturated rings. The lowest BCUT2D eigenvalue weighted by Gasteiger charge is -2.18. The first-order valence-electron chi connectivity index (χ1n) is 4.55. The number of methoxy groups -OCH3 is 1. The molecular formula is C10H15BrN2O2. The van der Waals surface area contributed by atoms with Gasteiger partial charge in [-0.1, -0.05) is 6.07 Å². The van der Waals surface area contributed by atoms with Gasteiger partial charge < -0.3 is 21.3 Å². The summed E-state index contributed by atoms with van der Waals surface area (Å²) in [5, 5.41) is 8.90. The minimum absolute atomic E-state index is 0.134. The maximum atomic E-state index is 8.90. The van der Waals surface area contributed by atoms with E-state index < -0.39 is 6.04 Å². The largest absolute Gasteiger partial charge is 0.496 e. The Morgan fingerprint density at radius 3 is 2.60 bits per heavy atom. The fourth-order valence-corrected chi connectivity index (χ4v) is 1.81. The van der Waals surface area contributed by atoms with Crippen LogP contribution in [-0.2, 0) is 0 Å². The molecule has 0 aliphatic rings. The molecule has 0 saturated heterocycles. The number of benzene rings is 1. The molecule has 1 aromatic rings. The van der Waals surface area contributed by atoms with Crippen molar-refractivity contribution in [1.82, 2.24) is 0 Å². The molecule has 2 unspecified atom stereocenters. The Kier molecular flexibility index (Phi) is 4.53. The van der Waals surface area contributed by atoms with E-state index in [0.29, 0.717) is 0 Å². The molecule has 1 aromatic carbocycles. The Morgan fingerprint density at radius 1 is 1.47 bits per heavy atom. The molecule has 4 nitrogen and oxygen atoms in total. The van der Waals surface area contributed by atoms with Gasteiger partial charge in [0.1, 0.15) is 5.75 Å². The molecule has 84 valence electrons. The van der Waals surface area contributed by atoms with Crippen molar-refractivity contribution in [1.29, 1.82) is 0 Å². The molecule has 2 atom stereocenters. The number of aliphatic hydroxyl groups is 1. The summed E-state index contributed by atoms with van der Waals surface area (Å²) in [4.78, 5) is 0. The van der Waals surface area contributed by atoms with Crippen LogP contribution in [0, 0.1) is 0 Å². The molecule has 0 bridgehead atoms. The van der Waals surface area contributed by atoms with Crippen molar-refractivity contribution in [2.75, 3.05) is 13.7 Å². The first kappa shape index (κ1) is 12.4. The maximum Gasteiger partial charge on any atom is 0.133 e. The second kappa shape index (κ2) is 5.46. The van der Waals surface area contributed by atoms with Crippen LogP contribution in [0.4, 0.5) is 0 Å². The number of ether oxygens (including phenoxy) is 1. The van der Waals surface area contributed by atoms with Crippen molar-refractivity contribution in [2.24, 2.45) is 11.5 Å². The average Bonchev–Trinajstić information content (AvgIpc) is 2.26. The molecule has 0 aliphatic carbocycles. The van der Waals surface area contributed by atoms with Crippen molar-refractivity contribution in [3.05, 3.63) is 28.2 Å². The van der Waals surface area contributed by atoms with Crippen LogP contribution in [0.25, 0.3) is 0 Å². The fraction of sp³-hybridized carbons (Fsp3) is 0.400. The van der Waals surface area contributed by atoms with Gasteiger partial charge in [0, 0.05) is 12.1 Å². The van der Waals surface area contributed by atoms with E-state index in [2.05, 4.69) is 15.9 Å². The maximum absolute atomic E-state index is 8.90. The number of aliphatic hydroxyl groups excluding tert-OH is 1. The van der Waals surface area contributed by atoms with Gasteiger partial charge in [-0.05, 0) is 33.6 Å². The van der Waals surface area contributed by atoms with Gasteiger partial charge >= 0.3 is 0 Å². The molecule has 0 heterocycles. The summed E-state index contributed by atoms with van der Waals surface area (Å²) in [5.41, 5.74) is 12.4. The van der Waals surface area contributed by atoms with Crippen LogP contribution in [0.2, 0.25) is 0 Å². The van der Waals surface area contributed by atoms with Gasteiger partial charge in [0.2, 0.25) is 0 Å². The molecule has 0 radical (unpaired) electrons. The lowest BCUT2D eigenvalue weighted by molar-refractivity contribution is 0.249. The Balaban J connectivity index is 2.92. The molecule has 0 aliphatic heterocycles. The van der Waals surface area contributed by atoms with Crippen LogP contribution < -0.4 is 16.2 Å². The third kappa shape index (κ3) is 2.92. The van der Waals surface area contributed by atoms with E-state index in [-0.39, 0.29) is 12.6 Å². The van der Waals surface area contributed by atoms with Crippen molar-refractivity contribution in [3.8, 4) is 5.75 Å². The Morgan fingerprint density at radius 2 is 2.13 bits per heavy atom. The Bertz CT molecular complexity index is 333. The summed E-state index contributed by atoms with van der Waals surface area (Å²) in [6, 6.07) is 4.66. The van der Waals surface area contributed by atoms with Gasteiger partial charge in [-0.3, -0.25) is 0 Å². The SMILES string of the molecule is COc1ccc(C(N)C(N)CO)cc1Br. The minimum Gasteiger partial charge on any atom is -0.496 e. The third-order valence-corrected chi connectivity index (χ3v) is 2.85. The number of nitrogens with two attached hydrogens (primary N) is 2. The van der Waals surface area contributed by atoms with Crippen LogP contribution in [-0.4, -0.2) is 24.9 Å². The smallest absolute Gasteiger partial charge is 0.133 e. The number of hydrogen-bond acceptors (Lipinski definition) is 4. The van der Waals surface area contributed by atoms with Gasteiger partial charge in [0.15, 0.2) is 0 Å². The van der Waals surface area contributed by atoms with Crippen LogP contribution in [0.15, 0.2) is 22.7 Å². The average molecular weight is 275 g/mol. The molecule has 15 heavy (non-hydrogen) atoms. The lowest BCUT2D eigenvalue weighted by Crippen LogP contribution is -2.37. The number of rotatable bonds is 4. The number of hydrogen-bond donors (Lipinski definition) is 3. The second-order valence-electron chi connectivity index (χ2n) is 3.27. The summed E-state index contributed by atoms with van der Waals surface area (Å²) in [6.07, 6.45) is 0. The van der Waals surface area contributed by atoms with Gasteiger partial charge in [0.25, 0.3) is 0 Å². The summed E-state index contributed by atoms with van der Waals surface area (Å²) in [7, 11) is 1.60. The monoisotopic (exact) mass is 274 g/mol. The van der Waals surface area contributed by atoms with Crippen molar-refractivity contribution in [3.63, 3.8) is 0 Å². The molecule has 5 N–H and O–H groups in total. The first-order valence-corrected chi connectivity index (χ1v) is 5.35. The van der Waals surface area contributed by atoms with E-state index >= 15 is 0 Å². The standard InChI is InChI=1S/C10H15BrN2O2/c1-15-9-3-2-6(4-7(9)11)10(13)8(12)5-14/h2-4,8,10,14H,5,12-13H2,1H3. The summed E-state index contributed by atoms with van der Waals surface area (Å²) in [6.45, 7) is -0.134. The fourth-order valence-electron chi connectivity index (χ4n) is 1.25. The molecule has 0 aromatic heterocycles. The zero-order valence-corrected chi connectivity index (χ0v) is 10.1. The molecule has 0 saturated carbocycles. The summed E-state index contributed by atoms with van der Waals surface area (Å²) in [5.74, 6) is 0.739. The van der Waals surface area contributed by atoms with E-state index in [9.17, 15) is 0 Å². The van der Waals surface area contributed by atoms with Gasteiger partial charge in [-0.2, -0.15) is 0 Å². The third-order valence-electron chi connectivity index (χ3n) is 2.23. The highest BCUT2D eigenvalue weighted by molar-refractivity contribution is 9.10. The van der Waals surface area contributed by atoms with Crippen LogP contribution in [0.1, 0.15) is 11.6 Å². The molecule has 1 rings (SSSR count). The minimum atomic E-state index is -0.453. The first-order chi connectivity index (χ1) is 7.10. The van der Waals surface area contributed by atoms with E-state index in [0.717, 1.165) is 15.8 Å². The molecular weight excluding hydrogens is 260 g/mol. The zero-order chi connectivity index (χ0) is 11.4. The molecule has 5 heteroatoms. The highest BCUT2D eigenvalue weighted by atomic mass is 79.9. The van der Waals surface area contributed by atoms with Crippen LogP contribution in [0.5, 0.6) is 5.75 Å². The Hall–Kier alpha value is -0.620. The van der Waals surface area contributed by atoms with Crippen molar-refractivity contribution >= 4 is 15.9 Å². The van der Waals surface area contributed by atoms with E-state index in [1.807, 2.05) is 18.2 Å². The zero-order valence-electron chi connectivity index (χ0n) is 8.48. The topological polar surface area (TPSA) is 81.5 Å². The van der Waals surface area contributed by atoms with Crippen molar-refractivity contribution in [2.45, 2.75) is 12.1 Å². The summed E-state index contributed by atoms with van der Waals surface area (Å²) >= 11 is 3.36. The Labute approximate surface area is 97.3 Å². The van der Waals surface area contributed by atoms with Gasteiger partial charge in [0.05, 0.1) is 18.2 Å². The van der Waals surface area contributed by atoms with E-state index in [1.54, 1.807) is 7.11 Å². The predicted molar refractivity (Wildman–Crippen MR) is 62.7 cm³/mol. The second-order valence-corrected chi connectivity index (χ2v) is 4.12. The van der Waals surface area contributed by atoms with Gasteiger partial charge in [-0.25, -0.2) is 0 Å². The quantitative estimate of drug-likeness (QED) is 0.758. The molecule has 0 spiro atoms. The highest BCUT2D eigenvalue weighted by Crippen LogP contribution is 2.27. The summed E-state index contributed by atoms with van der Waals surface area (Å²) < 4.78 is 5.92.